The number of hydrogen-bond acceptors (Lipinski definition) is 3. The summed E-state index contributed by atoms with van der Waals surface area (Å²) >= 11 is 0. The summed E-state index contributed by atoms with van der Waals surface area (Å²) in [4.78, 5) is 9.15. The van der Waals surface area contributed by atoms with Gasteiger partial charge in [-0.15, -0.1) is 0 Å². The molecule has 4 nitrogen and oxygen atoms in total. The minimum absolute atomic E-state index is 0.0661. The molecule has 1 saturated carbocycles. The summed E-state index contributed by atoms with van der Waals surface area (Å²) in [6, 6.07) is 14.8. The van der Waals surface area contributed by atoms with Crippen molar-refractivity contribution in [3.05, 3.63) is 77.6 Å². The number of nitrogens with zero attached hydrogens (tertiary/aromatic N) is 4. The van der Waals surface area contributed by atoms with Crippen LogP contribution in [0.5, 0.6) is 0 Å². The summed E-state index contributed by atoms with van der Waals surface area (Å²) in [5.74, 6) is 2.03. The quantitative estimate of drug-likeness (QED) is 0.695. The van der Waals surface area contributed by atoms with Crippen LogP contribution in [0.15, 0.2) is 54.9 Å². The van der Waals surface area contributed by atoms with Crippen molar-refractivity contribution in [2.75, 3.05) is 0 Å². The Labute approximate surface area is 142 Å². The molecular formula is C20H22N4. The van der Waals surface area contributed by atoms with Crippen LogP contribution in [0.4, 0.5) is 0 Å². The Bertz CT molecular complexity index is 804. The minimum atomic E-state index is 0.0661. The Morgan fingerprint density at radius 1 is 1.08 bits per heavy atom. The summed E-state index contributed by atoms with van der Waals surface area (Å²) in [7, 11) is 0. The zero-order chi connectivity index (χ0) is 16.4. The van der Waals surface area contributed by atoms with Crippen LogP contribution in [0.2, 0.25) is 0 Å². The van der Waals surface area contributed by atoms with E-state index in [1.807, 2.05) is 12.3 Å². The van der Waals surface area contributed by atoms with E-state index in [1.165, 1.54) is 5.56 Å². The molecule has 1 aliphatic rings. The molecule has 0 amide bonds. The molecule has 0 N–H and O–H groups in total. The molecular weight excluding hydrogens is 296 g/mol. The topological polar surface area (TPSA) is 43.6 Å². The summed E-state index contributed by atoms with van der Waals surface area (Å²) in [6.07, 6.45) is 7.81. The Morgan fingerprint density at radius 3 is 2.58 bits per heavy atom. The van der Waals surface area contributed by atoms with Gasteiger partial charge in [-0.3, -0.25) is 4.98 Å². The van der Waals surface area contributed by atoms with Crippen molar-refractivity contribution < 1.29 is 0 Å². The molecule has 0 saturated heterocycles. The molecule has 1 aliphatic carbocycles. The highest BCUT2D eigenvalue weighted by molar-refractivity contribution is 5.39. The molecule has 0 unspecified atom stereocenters. The van der Waals surface area contributed by atoms with E-state index >= 15 is 0 Å². The van der Waals surface area contributed by atoms with E-state index in [-0.39, 0.29) is 5.41 Å². The van der Waals surface area contributed by atoms with Crippen molar-refractivity contribution in [3.63, 3.8) is 0 Å². The van der Waals surface area contributed by atoms with Crippen molar-refractivity contribution in [2.45, 2.75) is 44.6 Å². The predicted molar refractivity (Wildman–Crippen MR) is 93.8 cm³/mol. The van der Waals surface area contributed by atoms with Crippen molar-refractivity contribution >= 4 is 0 Å². The first-order chi connectivity index (χ1) is 11.8. The summed E-state index contributed by atoms with van der Waals surface area (Å²) in [5.41, 5.74) is 2.58. The van der Waals surface area contributed by atoms with E-state index < -0.39 is 0 Å². The largest absolute Gasteiger partial charge is 0.264 e. The zero-order valence-corrected chi connectivity index (χ0v) is 14.0. The maximum Gasteiger partial charge on any atom is 0.155 e. The van der Waals surface area contributed by atoms with E-state index in [4.69, 9.17) is 10.1 Å². The highest BCUT2D eigenvalue weighted by Crippen LogP contribution is 2.52. The molecule has 0 aliphatic heterocycles. The average Bonchev–Trinajstić information content (AvgIpc) is 3.34. The molecule has 2 heterocycles. The van der Waals surface area contributed by atoms with E-state index in [9.17, 15) is 0 Å². The van der Waals surface area contributed by atoms with E-state index in [2.05, 4.69) is 53.0 Å². The molecule has 1 fully saturated rings. The lowest BCUT2D eigenvalue weighted by Crippen LogP contribution is -2.17. The fraction of sp³-hybridized carbons (Fsp3) is 0.350. The molecule has 1 aromatic carbocycles. The maximum absolute atomic E-state index is 4.96. The molecule has 0 atom stereocenters. The molecule has 3 aromatic rings. The van der Waals surface area contributed by atoms with Crippen LogP contribution < -0.4 is 0 Å². The van der Waals surface area contributed by atoms with Gasteiger partial charge in [0.05, 0.1) is 5.41 Å². The van der Waals surface area contributed by atoms with Crippen LogP contribution in [0.3, 0.4) is 0 Å². The Balaban J connectivity index is 1.70. The van der Waals surface area contributed by atoms with Gasteiger partial charge in [0.2, 0.25) is 0 Å². The SMILES string of the molecule is CCCn1nc(Cc2cccnc2)nc1C1(c2ccccc2)CC1. The van der Waals surface area contributed by atoms with Gasteiger partial charge in [0.25, 0.3) is 0 Å². The molecule has 0 bridgehead atoms. The van der Waals surface area contributed by atoms with Gasteiger partial charge in [0, 0.05) is 25.4 Å². The standard InChI is InChI=1S/C20H22N4/c1-2-13-24-19(20(10-11-20)17-8-4-3-5-9-17)22-18(23-24)14-16-7-6-12-21-15-16/h3-9,12,15H,2,10-11,13-14H2,1H3. The normalized spacial score (nSPS) is 15.4. The summed E-state index contributed by atoms with van der Waals surface area (Å²) < 4.78 is 2.13. The number of rotatable bonds is 6. The van der Waals surface area contributed by atoms with Crippen molar-refractivity contribution in [1.82, 2.24) is 19.7 Å². The monoisotopic (exact) mass is 318 g/mol. The van der Waals surface area contributed by atoms with Crippen LogP contribution in [0.25, 0.3) is 0 Å². The minimum Gasteiger partial charge on any atom is -0.264 e. The lowest BCUT2D eigenvalue weighted by Gasteiger charge is -2.15. The molecule has 24 heavy (non-hydrogen) atoms. The van der Waals surface area contributed by atoms with Crippen LogP contribution >= 0.6 is 0 Å². The second-order valence-corrected chi connectivity index (χ2v) is 6.56. The fourth-order valence-corrected chi connectivity index (χ4v) is 3.39. The lowest BCUT2D eigenvalue weighted by molar-refractivity contribution is 0.542. The Morgan fingerprint density at radius 2 is 1.92 bits per heavy atom. The van der Waals surface area contributed by atoms with Crippen molar-refractivity contribution in [1.29, 1.82) is 0 Å². The van der Waals surface area contributed by atoms with E-state index in [1.54, 1.807) is 6.20 Å². The van der Waals surface area contributed by atoms with E-state index in [0.717, 1.165) is 49.4 Å². The van der Waals surface area contributed by atoms with Crippen molar-refractivity contribution in [2.24, 2.45) is 0 Å². The first-order valence-electron chi connectivity index (χ1n) is 8.70. The van der Waals surface area contributed by atoms with Crippen LogP contribution in [-0.2, 0) is 18.4 Å². The van der Waals surface area contributed by atoms with Gasteiger partial charge in [0.1, 0.15) is 5.82 Å². The first kappa shape index (κ1) is 15.1. The molecule has 0 radical (unpaired) electrons. The fourth-order valence-electron chi connectivity index (χ4n) is 3.39. The molecule has 122 valence electrons. The summed E-state index contributed by atoms with van der Waals surface area (Å²) in [5, 5.41) is 4.80. The number of aryl methyl sites for hydroxylation is 1. The zero-order valence-electron chi connectivity index (χ0n) is 14.0. The van der Waals surface area contributed by atoms with Gasteiger partial charge in [-0.2, -0.15) is 5.10 Å². The van der Waals surface area contributed by atoms with Crippen LogP contribution in [0, 0.1) is 0 Å². The predicted octanol–water partition coefficient (Wildman–Crippen LogP) is 3.75. The first-order valence-corrected chi connectivity index (χ1v) is 8.70. The number of aromatic nitrogens is 4. The third kappa shape index (κ3) is 2.73. The average molecular weight is 318 g/mol. The number of pyridine rings is 1. The van der Waals surface area contributed by atoms with Gasteiger partial charge >= 0.3 is 0 Å². The smallest absolute Gasteiger partial charge is 0.155 e. The summed E-state index contributed by atoms with van der Waals surface area (Å²) in [6.45, 7) is 3.11. The highest BCUT2D eigenvalue weighted by Gasteiger charge is 2.49. The third-order valence-electron chi connectivity index (χ3n) is 4.74. The van der Waals surface area contributed by atoms with Gasteiger partial charge < -0.3 is 0 Å². The van der Waals surface area contributed by atoms with E-state index in [0.29, 0.717) is 0 Å². The van der Waals surface area contributed by atoms with Gasteiger partial charge in [0.15, 0.2) is 5.82 Å². The van der Waals surface area contributed by atoms with Gasteiger partial charge in [-0.1, -0.05) is 43.3 Å². The third-order valence-corrected chi connectivity index (χ3v) is 4.74. The number of benzene rings is 1. The van der Waals surface area contributed by atoms with Crippen molar-refractivity contribution in [3.8, 4) is 0 Å². The highest BCUT2D eigenvalue weighted by atomic mass is 15.4. The van der Waals surface area contributed by atoms with Crippen LogP contribution in [-0.4, -0.2) is 19.7 Å². The Kier molecular flexibility index (Phi) is 3.89. The van der Waals surface area contributed by atoms with Gasteiger partial charge in [-0.05, 0) is 36.5 Å². The van der Waals surface area contributed by atoms with Gasteiger partial charge in [-0.25, -0.2) is 9.67 Å². The van der Waals surface area contributed by atoms with Crippen LogP contribution in [0.1, 0.15) is 49.0 Å². The number of hydrogen-bond donors (Lipinski definition) is 0. The Hall–Kier alpha value is -2.49. The second kappa shape index (κ2) is 6.19. The maximum atomic E-state index is 4.96. The molecule has 2 aromatic heterocycles. The molecule has 4 rings (SSSR count). The second-order valence-electron chi connectivity index (χ2n) is 6.56. The molecule has 0 spiro atoms. The lowest BCUT2D eigenvalue weighted by atomic mass is 9.95. The molecule has 4 heteroatoms.